The van der Waals surface area contributed by atoms with Crippen molar-refractivity contribution in [3.8, 4) is 11.8 Å². The van der Waals surface area contributed by atoms with E-state index >= 15 is 0 Å². The molecule has 1 unspecified atom stereocenters. The highest BCUT2D eigenvalue weighted by molar-refractivity contribution is 5.40. The molecule has 7 nitrogen and oxygen atoms in total. The summed E-state index contributed by atoms with van der Waals surface area (Å²) in [6.07, 6.45) is 1.55. The summed E-state index contributed by atoms with van der Waals surface area (Å²) < 4.78 is 1.60. The van der Waals surface area contributed by atoms with Crippen LogP contribution in [-0.4, -0.2) is 51.3 Å². The second-order valence-electron chi connectivity index (χ2n) is 5.23. The number of rotatable bonds is 3. The Morgan fingerprint density at radius 3 is 2.81 bits per heavy atom. The molecule has 1 aliphatic heterocycles. The van der Waals surface area contributed by atoms with Gasteiger partial charge in [-0.3, -0.25) is 4.90 Å². The zero-order valence-corrected chi connectivity index (χ0v) is 11.9. The molecule has 1 atom stereocenters. The summed E-state index contributed by atoms with van der Waals surface area (Å²) in [6, 6.07) is 10.3. The fraction of sp³-hybridized carbons (Fsp3) is 0.429. The van der Waals surface area contributed by atoms with Crippen LogP contribution in [0.3, 0.4) is 0 Å². The molecule has 1 N–H and O–H groups in total. The molecule has 0 aliphatic carbocycles. The highest BCUT2D eigenvalue weighted by Crippen LogP contribution is 2.29. The lowest BCUT2D eigenvalue weighted by molar-refractivity contribution is 0.132. The van der Waals surface area contributed by atoms with Crippen molar-refractivity contribution in [3.05, 3.63) is 36.2 Å². The quantitative estimate of drug-likeness (QED) is 0.872. The maximum Gasteiger partial charge on any atom is 0.143 e. The van der Waals surface area contributed by atoms with Gasteiger partial charge in [0, 0.05) is 26.2 Å². The van der Waals surface area contributed by atoms with Gasteiger partial charge in [0.25, 0.3) is 0 Å². The van der Waals surface area contributed by atoms with Crippen molar-refractivity contribution in [2.45, 2.75) is 12.5 Å². The fourth-order valence-electron chi connectivity index (χ4n) is 2.66. The van der Waals surface area contributed by atoms with Crippen LogP contribution < -0.4 is 5.32 Å². The van der Waals surface area contributed by atoms with E-state index in [0.29, 0.717) is 0 Å². The van der Waals surface area contributed by atoms with E-state index in [0.717, 1.165) is 37.4 Å². The Labute approximate surface area is 123 Å². The molecule has 1 saturated heterocycles. The van der Waals surface area contributed by atoms with Crippen LogP contribution in [0.25, 0.3) is 5.69 Å². The van der Waals surface area contributed by atoms with Crippen LogP contribution >= 0.6 is 0 Å². The van der Waals surface area contributed by atoms with Gasteiger partial charge in [-0.05, 0) is 35.0 Å². The Bertz CT molecular complexity index is 640. The minimum atomic E-state index is -0.647. The van der Waals surface area contributed by atoms with Gasteiger partial charge in [-0.2, -0.15) is 5.26 Å². The molecule has 1 aromatic heterocycles. The lowest BCUT2D eigenvalue weighted by Gasteiger charge is -2.39. The van der Waals surface area contributed by atoms with E-state index < -0.39 is 5.54 Å². The summed E-state index contributed by atoms with van der Waals surface area (Å²) >= 11 is 0. The molecule has 0 spiro atoms. The summed E-state index contributed by atoms with van der Waals surface area (Å²) in [6.45, 7) is 5.50. The fourth-order valence-corrected chi connectivity index (χ4v) is 2.66. The summed E-state index contributed by atoms with van der Waals surface area (Å²) in [5, 5.41) is 24.3. The average Bonchev–Trinajstić information content (AvgIpc) is 3.09. The summed E-state index contributed by atoms with van der Waals surface area (Å²) in [7, 11) is 0. The van der Waals surface area contributed by atoms with Gasteiger partial charge in [0.2, 0.25) is 0 Å². The van der Waals surface area contributed by atoms with E-state index in [1.54, 1.807) is 11.0 Å². The molecule has 1 aromatic carbocycles. The molecule has 0 bridgehead atoms. The van der Waals surface area contributed by atoms with Crippen LogP contribution in [0.5, 0.6) is 0 Å². The Balaban J connectivity index is 1.97. The van der Waals surface area contributed by atoms with Crippen LogP contribution in [0, 0.1) is 11.3 Å². The van der Waals surface area contributed by atoms with Gasteiger partial charge < -0.3 is 5.32 Å². The van der Waals surface area contributed by atoms with Gasteiger partial charge in [0.1, 0.15) is 11.9 Å². The highest BCUT2D eigenvalue weighted by atomic mass is 15.5. The molecule has 1 aliphatic rings. The van der Waals surface area contributed by atoms with E-state index in [4.69, 9.17) is 0 Å². The first-order chi connectivity index (χ1) is 10.2. The van der Waals surface area contributed by atoms with Gasteiger partial charge >= 0.3 is 0 Å². The average molecular weight is 283 g/mol. The Kier molecular flexibility index (Phi) is 3.64. The smallest absolute Gasteiger partial charge is 0.143 e. The molecule has 2 aromatic rings. The molecular formula is C14H17N7. The first kappa shape index (κ1) is 13.7. The van der Waals surface area contributed by atoms with Crippen molar-refractivity contribution in [1.29, 1.82) is 5.26 Å². The first-order valence-corrected chi connectivity index (χ1v) is 6.95. The van der Waals surface area contributed by atoms with Crippen LogP contribution in [-0.2, 0) is 5.54 Å². The summed E-state index contributed by atoms with van der Waals surface area (Å²) in [5.74, 6) is 0. The van der Waals surface area contributed by atoms with Crippen LogP contribution in [0.4, 0.5) is 0 Å². The molecule has 0 amide bonds. The predicted octanol–water partition coefficient (Wildman–Crippen LogP) is 0.306. The normalized spacial score (nSPS) is 18.9. The van der Waals surface area contributed by atoms with Gasteiger partial charge in [0.05, 0.1) is 11.8 Å². The zero-order valence-electron chi connectivity index (χ0n) is 11.9. The van der Waals surface area contributed by atoms with E-state index in [2.05, 4.69) is 31.8 Å². The van der Waals surface area contributed by atoms with Gasteiger partial charge in [-0.25, -0.2) is 4.68 Å². The van der Waals surface area contributed by atoms with E-state index in [1.165, 1.54) is 0 Å². The number of nitrogens with zero attached hydrogens (tertiary/aromatic N) is 6. The first-order valence-electron chi connectivity index (χ1n) is 6.95. The van der Waals surface area contributed by atoms with Crippen LogP contribution in [0.15, 0.2) is 30.6 Å². The highest BCUT2D eigenvalue weighted by Gasteiger charge is 2.34. The SMILES string of the molecule is CC(C#N)(c1cccc(-n2cnnn2)c1)N1CCNCC1. The topological polar surface area (TPSA) is 82.7 Å². The second-order valence-corrected chi connectivity index (χ2v) is 5.23. The van der Waals surface area contributed by atoms with E-state index in [-0.39, 0.29) is 0 Å². The molecule has 3 rings (SSSR count). The monoisotopic (exact) mass is 283 g/mol. The van der Waals surface area contributed by atoms with Gasteiger partial charge in [0.15, 0.2) is 0 Å². The summed E-state index contributed by atoms with van der Waals surface area (Å²) in [5.41, 5.74) is 1.17. The van der Waals surface area contributed by atoms with Crippen molar-refractivity contribution < 1.29 is 0 Å². The minimum Gasteiger partial charge on any atom is -0.314 e. The molecule has 2 heterocycles. The number of hydrogen-bond acceptors (Lipinski definition) is 6. The Hall–Kier alpha value is -2.30. The summed E-state index contributed by atoms with van der Waals surface area (Å²) in [4.78, 5) is 2.21. The molecular weight excluding hydrogens is 266 g/mol. The van der Waals surface area contributed by atoms with E-state index in [9.17, 15) is 5.26 Å². The predicted molar refractivity (Wildman–Crippen MR) is 76.6 cm³/mol. The maximum atomic E-state index is 9.75. The van der Waals surface area contributed by atoms with Crippen LogP contribution in [0.2, 0.25) is 0 Å². The number of nitriles is 1. The minimum absolute atomic E-state index is 0.647. The number of aromatic nitrogens is 4. The number of piperazine rings is 1. The van der Waals surface area contributed by atoms with Crippen molar-refractivity contribution in [2.75, 3.05) is 26.2 Å². The number of nitrogens with one attached hydrogen (secondary N) is 1. The van der Waals surface area contributed by atoms with Gasteiger partial charge in [-0.1, -0.05) is 12.1 Å². The van der Waals surface area contributed by atoms with Gasteiger partial charge in [-0.15, -0.1) is 5.10 Å². The van der Waals surface area contributed by atoms with Crippen molar-refractivity contribution in [2.24, 2.45) is 0 Å². The lowest BCUT2D eigenvalue weighted by atomic mass is 9.90. The standard InChI is InChI=1S/C14H17N7/c1-14(10-15,20-7-5-16-6-8-20)12-3-2-4-13(9-12)21-11-17-18-19-21/h2-4,9,11,16H,5-8H2,1H3. The zero-order chi connectivity index (χ0) is 14.7. The second kappa shape index (κ2) is 5.60. The molecule has 108 valence electrons. The van der Waals surface area contributed by atoms with Crippen LogP contribution in [0.1, 0.15) is 12.5 Å². The molecule has 0 saturated carbocycles. The Morgan fingerprint density at radius 1 is 1.33 bits per heavy atom. The molecule has 7 heteroatoms. The molecule has 1 fully saturated rings. The van der Waals surface area contributed by atoms with E-state index in [1.807, 2.05) is 31.2 Å². The molecule has 0 radical (unpaired) electrons. The number of benzene rings is 1. The van der Waals surface area contributed by atoms with Crippen molar-refractivity contribution >= 4 is 0 Å². The third-order valence-corrected chi connectivity index (χ3v) is 3.99. The van der Waals surface area contributed by atoms with Crippen molar-refractivity contribution in [3.63, 3.8) is 0 Å². The van der Waals surface area contributed by atoms with Crippen molar-refractivity contribution in [1.82, 2.24) is 30.4 Å². The third kappa shape index (κ3) is 2.51. The Morgan fingerprint density at radius 2 is 2.14 bits per heavy atom. The number of tetrazole rings is 1. The third-order valence-electron chi connectivity index (χ3n) is 3.99. The lowest BCUT2D eigenvalue weighted by Crippen LogP contribution is -2.52. The molecule has 21 heavy (non-hydrogen) atoms. The number of hydrogen-bond donors (Lipinski definition) is 1. The maximum absolute atomic E-state index is 9.75. The largest absolute Gasteiger partial charge is 0.314 e.